The molecule has 29 heavy (non-hydrogen) atoms. The summed E-state index contributed by atoms with van der Waals surface area (Å²) in [6, 6.07) is 7.14. The van der Waals surface area contributed by atoms with E-state index in [2.05, 4.69) is 15.7 Å². The summed E-state index contributed by atoms with van der Waals surface area (Å²) in [4.78, 5) is 12.8. The molecule has 2 N–H and O–H groups in total. The summed E-state index contributed by atoms with van der Waals surface area (Å²) in [5.74, 6) is -0.348. The van der Waals surface area contributed by atoms with Crippen LogP contribution in [0.15, 0.2) is 36.5 Å². The fourth-order valence-corrected chi connectivity index (χ4v) is 4.01. The highest BCUT2D eigenvalue weighted by atomic mass is 35.5. The molecule has 2 fully saturated rings. The lowest BCUT2D eigenvalue weighted by Crippen LogP contribution is -2.51. The zero-order valence-electron chi connectivity index (χ0n) is 15.8. The molecule has 1 aliphatic carbocycles. The van der Waals surface area contributed by atoms with E-state index >= 15 is 0 Å². The van der Waals surface area contributed by atoms with Gasteiger partial charge in [-0.25, -0.2) is 0 Å². The molecule has 1 amide bonds. The summed E-state index contributed by atoms with van der Waals surface area (Å²) in [5, 5.41) is 10.7. The van der Waals surface area contributed by atoms with Gasteiger partial charge in [0.05, 0.1) is 17.1 Å². The van der Waals surface area contributed by atoms with Gasteiger partial charge < -0.3 is 10.6 Å². The fraction of sp³-hybridized carbons (Fsp3) is 0.500. The molecule has 1 aliphatic heterocycles. The maximum absolute atomic E-state index is 13.1. The van der Waals surface area contributed by atoms with E-state index in [-0.39, 0.29) is 24.4 Å². The van der Waals surface area contributed by atoms with Crippen molar-refractivity contribution in [2.75, 3.05) is 13.1 Å². The highest BCUT2D eigenvalue weighted by Crippen LogP contribution is 2.43. The van der Waals surface area contributed by atoms with Gasteiger partial charge in [-0.05, 0) is 62.4 Å². The van der Waals surface area contributed by atoms with Gasteiger partial charge in [-0.1, -0.05) is 12.1 Å². The lowest BCUT2D eigenvalue weighted by atomic mass is 9.71. The third-order valence-corrected chi connectivity index (χ3v) is 5.79. The lowest BCUT2D eigenvalue weighted by molar-refractivity contribution is -0.137. The number of alkyl halides is 3. The monoisotopic (exact) mass is 428 g/mol. The number of amides is 1. The quantitative estimate of drug-likeness (QED) is 0.772. The van der Waals surface area contributed by atoms with Crippen molar-refractivity contribution in [1.29, 1.82) is 0 Å². The Hall–Kier alpha value is -2.06. The maximum atomic E-state index is 13.1. The first kappa shape index (κ1) is 21.6. The molecule has 0 radical (unpaired) electrons. The van der Waals surface area contributed by atoms with Gasteiger partial charge in [0.15, 0.2) is 0 Å². The number of carbonyl (C=O) groups is 1. The fourth-order valence-electron chi connectivity index (χ4n) is 4.01. The van der Waals surface area contributed by atoms with Gasteiger partial charge in [-0.3, -0.25) is 9.48 Å². The second kappa shape index (κ2) is 8.36. The van der Waals surface area contributed by atoms with E-state index in [4.69, 9.17) is 0 Å². The Labute approximate surface area is 173 Å². The summed E-state index contributed by atoms with van der Waals surface area (Å²) in [6.07, 6.45) is 1.55. The van der Waals surface area contributed by atoms with Crippen LogP contribution in [0.25, 0.3) is 0 Å². The Balaban J connectivity index is 0.00000240. The minimum atomic E-state index is -4.40. The summed E-state index contributed by atoms with van der Waals surface area (Å²) in [6.45, 7) is 1.81. The van der Waals surface area contributed by atoms with Gasteiger partial charge in [0.2, 0.25) is 0 Å². The van der Waals surface area contributed by atoms with Crippen molar-refractivity contribution in [3.05, 3.63) is 53.3 Å². The van der Waals surface area contributed by atoms with Gasteiger partial charge in [-0.15, -0.1) is 12.4 Å². The predicted octanol–water partition coefficient (Wildman–Crippen LogP) is 4.06. The van der Waals surface area contributed by atoms with Crippen molar-refractivity contribution < 1.29 is 18.0 Å². The predicted molar refractivity (Wildman–Crippen MR) is 105 cm³/mol. The Morgan fingerprint density at radius 2 is 2.03 bits per heavy atom. The molecule has 1 atom stereocenters. The summed E-state index contributed by atoms with van der Waals surface area (Å²) in [7, 11) is 0. The lowest BCUT2D eigenvalue weighted by Gasteiger charge is -2.43. The summed E-state index contributed by atoms with van der Waals surface area (Å²) < 4.78 is 41.0. The summed E-state index contributed by atoms with van der Waals surface area (Å²) >= 11 is 0. The third kappa shape index (κ3) is 4.43. The number of carbonyl (C=O) groups excluding carboxylic acids is 1. The summed E-state index contributed by atoms with van der Waals surface area (Å²) in [5.41, 5.74) is -0.657. The number of piperidine rings is 1. The largest absolute Gasteiger partial charge is 0.416 e. The van der Waals surface area contributed by atoms with Gasteiger partial charge in [-0.2, -0.15) is 18.3 Å². The number of benzene rings is 1. The van der Waals surface area contributed by atoms with E-state index in [9.17, 15) is 18.0 Å². The van der Waals surface area contributed by atoms with Crippen molar-refractivity contribution in [1.82, 2.24) is 20.4 Å². The first-order chi connectivity index (χ1) is 13.4. The maximum Gasteiger partial charge on any atom is 0.416 e. The second-order valence-electron chi connectivity index (χ2n) is 7.65. The smallest absolute Gasteiger partial charge is 0.341 e. The van der Waals surface area contributed by atoms with E-state index < -0.39 is 17.3 Å². The highest BCUT2D eigenvalue weighted by molar-refractivity contribution is 5.92. The molecule has 2 heterocycles. The molecule has 158 valence electrons. The number of aromatic nitrogens is 2. The number of nitrogens with one attached hydrogen (secondary N) is 2. The number of halogens is 4. The Kier molecular flexibility index (Phi) is 6.24. The van der Waals surface area contributed by atoms with Crippen LogP contribution in [0.3, 0.4) is 0 Å². The molecular weight excluding hydrogens is 405 g/mol. The highest BCUT2D eigenvalue weighted by Gasteiger charge is 2.42. The minimum absolute atomic E-state index is 0. The van der Waals surface area contributed by atoms with Crippen LogP contribution in [0.5, 0.6) is 0 Å². The first-order valence-electron chi connectivity index (χ1n) is 9.64. The van der Waals surface area contributed by atoms with Crippen LogP contribution in [0.2, 0.25) is 0 Å². The zero-order valence-corrected chi connectivity index (χ0v) is 16.7. The zero-order chi connectivity index (χ0) is 19.8. The molecule has 2 aliphatic rings. The van der Waals surface area contributed by atoms with E-state index in [1.165, 1.54) is 6.07 Å². The van der Waals surface area contributed by atoms with Crippen LogP contribution in [0.4, 0.5) is 13.2 Å². The number of rotatable bonds is 4. The molecule has 0 spiro atoms. The molecule has 1 aromatic heterocycles. The van der Waals surface area contributed by atoms with Crippen LogP contribution in [0, 0.1) is 0 Å². The molecule has 1 saturated heterocycles. The molecule has 1 aromatic carbocycles. The molecule has 4 rings (SSSR count). The van der Waals surface area contributed by atoms with Crippen molar-refractivity contribution >= 4 is 18.3 Å². The topological polar surface area (TPSA) is 59.0 Å². The van der Waals surface area contributed by atoms with Crippen molar-refractivity contribution in [3.8, 4) is 0 Å². The standard InChI is InChI=1S/C20H23F3N4O.ClH/c21-20(22,23)15-5-1-4-14(12-15)19(8-3-9-19)25-18(28)17-7-11-27(26-17)16-6-2-10-24-13-16;/h1,4-5,7,11-12,16,24H,2-3,6,8-10,13H2,(H,25,28);1H. The first-order valence-corrected chi connectivity index (χ1v) is 9.64. The normalized spacial score (nSPS) is 21.0. The van der Waals surface area contributed by atoms with Gasteiger partial charge in [0, 0.05) is 12.7 Å². The van der Waals surface area contributed by atoms with E-state index in [0.29, 0.717) is 24.1 Å². The van der Waals surface area contributed by atoms with Crippen LogP contribution in [0.1, 0.15) is 59.8 Å². The van der Waals surface area contributed by atoms with Crippen LogP contribution < -0.4 is 10.6 Å². The molecular formula is C20H24ClF3N4O. The van der Waals surface area contributed by atoms with Crippen molar-refractivity contribution in [2.24, 2.45) is 0 Å². The van der Waals surface area contributed by atoms with Crippen LogP contribution in [-0.4, -0.2) is 28.8 Å². The Morgan fingerprint density at radius 3 is 2.66 bits per heavy atom. The molecule has 2 aromatic rings. The Morgan fingerprint density at radius 1 is 1.24 bits per heavy atom. The number of hydrogen-bond acceptors (Lipinski definition) is 3. The van der Waals surface area contributed by atoms with Crippen molar-refractivity contribution in [3.63, 3.8) is 0 Å². The Bertz CT molecular complexity index is 857. The van der Waals surface area contributed by atoms with E-state index in [1.54, 1.807) is 23.0 Å². The van der Waals surface area contributed by atoms with E-state index in [1.807, 2.05) is 0 Å². The number of hydrogen-bond donors (Lipinski definition) is 2. The number of nitrogens with zero attached hydrogens (tertiary/aromatic N) is 2. The average molecular weight is 429 g/mol. The van der Waals surface area contributed by atoms with Crippen molar-refractivity contribution in [2.45, 2.75) is 49.9 Å². The molecule has 5 nitrogen and oxygen atoms in total. The van der Waals surface area contributed by atoms with Crippen LogP contribution in [-0.2, 0) is 11.7 Å². The van der Waals surface area contributed by atoms with Gasteiger partial charge in [0.1, 0.15) is 5.69 Å². The molecule has 9 heteroatoms. The third-order valence-electron chi connectivity index (χ3n) is 5.79. The van der Waals surface area contributed by atoms with Gasteiger partial charge >= 0.3 is 6.18 Å². The molecule has 0 bridgehead atoms. The SMILES string of the molecule is Cl.O=C(NC1(c2cccc(C(F)(F)F)c2)CCC1)c1ccn(C2CCCNC2)n1. The van der Waals surface area contributed by atoms with Gasteiger partial charge in [0.25, 0.3) is 5.91 Å². The minimum Gasteiger partial charge on any atom is -0.341 e. The molecule has 1 unspecified atom stereocenters. The van der Waals surface area contributed by atoms with Crippen LogP contribution >= 0.6 is 12.4 Å². The average Bonchev–Trinajstić information content (AvgIpc) is 3.15. The molecule has 1 saturated carbocycles. The second-order valence-corrected chi connectivity index (χ2v) is 7.65. The van der Waals surface area contributed by atoms with E-state index in [0.717, 1.165) is 44.5 Å².